The average molecular weight is 475 g/mol. The van der Waals surface area contributed by atoms with Crippen LogP contribution < -0.4 is 0 Å². The zero-order chi connectivity index (χ0) is 2.00. The summed E-state index contributed by atoms with van der Waals surface area (Å²) in [6.07, 6.45) is 0. The van der Waals surface area contributed by atoms with Gasteiger partial charge in [-0.15, -0.1) is 0 Å². The Hall–Kier alpha value is 4.36. The summed E-state index contributed by atoms with van der Waals surface area (Å²) in [5.41, 5.74) is 0. The first-order valence-corrected chi connectivity index (χ1v) is 1.49. The van der Waals surface area contributed by atoms with Crippen molar-refractivity contribution in [2.24, 2.45) is 0 Å². The van der Waals surface area contributed by atoms with Crippen LogP contribution in [0.1, 0.15) is 0 Å². The van der Waals surface area contributed by atoms with Crippen LogP contribution in [0.3, 0.4) is 0 Å². The fourth-order valence-corrected chi connectivity index (χ4v) is 0. The van der Waals surface area contributed by atoms with Crippen LogP contribution in [-0.2, 0) is 59.9 Å². The number of rotatable bonds is 0. The largest absolute Gasteiger partial charge is 0 e. The second kappa shape index (κ2) is 23.8. The Morgan fingerprint density at radius 2 is 1.20 bits per heavy atom. The first kappa shape index (κ1) is 22.8. The Morgan fingerprint density at radius 3 is 1.20 bits per heavy atom. The van der Waals surface area contributed by atoms with Gasteiger partial charge in [-0.25, -0.2) is 0 Å². The molecule has 0 bridgehead atoms. The Morgan fingerprint density at radius 1 is 1.20 bits per heavy atom. The van der Waals surface area contributed by atoms with E-state index in [9.17, 15) is 0 Å². The Kier molecular flexibility index (Phi) is 109. The minimum Gasteiger partial charge on any atom is 0 e. The minimum atomic E-state index is 0. The van der Waals surface area contributed by atoms with Crippen LogP contribution in [0.5, 0.6) is 0 Å². The molecule has 1 nitrogen and oxygen atoms in total. The van der Waals surface area contributed by atoms with E-state index in [-0.39, 0.29) is 134 Å². The number of hydrogen-bond acceptors (Lipinski definition) is 1. The SMILES string of the molecule is [La].[O]=[Ce].[Y].[Zr]. The van der Waals surface area contributed by atoms with Crippen molar-refractivity contribution in [2.75, 3.05) is 0 Å². The van der Waals surface area contributed by atoms with Crippen molar-refractivity contribution < 1.29 is 135 Å². The summed E-state index contributed by atoms with van der Waals surface area (Å²) in [5, 5.41) is 0. The van der Waals surface area contributed by atoms with E-state index in [0.717, 1.165) is 0 Å². The first-order chi connectivity index (χ1) is 1.00. The predicted octanol–water partition coefficient (Wildman–Crippen LogP) is -0.124. The van der Waals surface area contributed by atoms with E-state index in [2.05, 4.69) is 0 Å². The Bertz CT molecular complexity index is 11.6. The van der Waals surface area contributed by atoms with Crippen molar-refractivity contribution in [3.05, 3.63) is 0 Å². The topological polar surface area (TPSA) is 17.1 Å². The third-order valence-corrected chi connectivity index (χ3v) is 0. The van der Waals surface area contributed by atoms with Crippen LogP contribution >= 0.6 is 0 Å². The molecule has 5 heavy (non-hydrogen) atoms. The maximum absolute atomic E-state index is 8.39. The molecule has 0 fully saturated rings. The van der Waals surface area contributed by atoms with Gasteiger partial charge in [0, 0.05) is 94.5 Å². The van der Waals surface area contributed by atoms with Crippen molar-refractivity contribution in [1.29, 1.82) is 0 Å². The molecule has 20 valence electrons. The van der Waals surface area contributed by atoms with Crippen molar-refractivity contribution in [3.63, 3.8) is 0 Å². The summed E-state index contributed by atoms with van der Waals surface area (Å²) in [6, 6.07) is 0. The average Bonchev–Trinajstić information content (AvgIpc) is 1.00. The van der Waals surface area contributed by atoms with Crippen LogP contribution in [0.2, 0.25) is 0 Å². The van der Waals surface area contributed by atoms with E-state index < -0.39 is 0 Å². The van der Waals surface area contributed by atoms with Crippen LogP contribution in [0, 0.1) is 75.4 Å². The van der Waals surface area contributed by atoms with Crippen LogP contribution in [0.15, 0.2) is 0 Å². The molecule has 0 heterocycles. The van der Waals surface area contributed by atoms with Gasteiger partial charge in [0.25, 0.3) is 0 Å². The van der Waals surface area contributed by atoms with E-state index in [1.54, 1.807) is 0 Å². The van der Waals surface area contributed by atoms with E-state index >= 15 is 0 Å². The van der Waals surface area contributed by atoms with Crippen LogP contribution in [-0.4, -0.2) is 0 Å². The fourth-order valence-electron chi connectivity index (χ4n) is 0. The van der Waals surface area contributed by atoms with E-state index in [1.807, 2.05) is 0 Å². The maximum atomic E-state index is 8.39. The second-order valence-corrected chi connectivity index (χ2v) is 0. The van der Waals surface area contributed by atoms with E-state index in [4.69, 9.17) is 0.938 Å². The molecule has 0 saturated carbocycles. The third-order valence-electron chi connectivity index (χ3n) is 0. The molecule has 0 atom stereocenters. The molecule has 0 aliphatic rings. The first-order valence-electron chi connectivity index (χ1n) is 0.204. The molecule has 0 N–H and O–H groups in total. The van der Waals surface area contributed by atoms with Crippen molar-refractivity contribution in [2.45, 2.75) is 0 Å². The smallest absolute Gasteiger partial charge is 0 e. The van der Waals surface area contributed by atoms with Gasteiger partial charge in [0.15, 0.2) is 0 Å². The maximum Gasteiger partial charge on any atom is 0 e. The van der Waals surface area contributed by atoms with Crippen molar-refractivity contribution in [1.82, 2.24) is 0 Å². The summed E-state index contributed by atoms with van der Waals surface area (Å²) in [5.74, 6) is 0. The third kappa shape index (κ3) is 17.8. The van der Waals surface area contributed by atoms with Gasteiger partial charge >= 0.3 is 40.7 Å². The molecular formula is CeLaOYZr. The molecule has 0 aliphatic carbocycles. The van der Waals surface area contributed by atoms with Crippen molar-refractivity contribution in [3.8, 4) is 0 Å². The van der Waals surface area contributed by atoms with Gasteiger partial charge in [0.05, 0.1) is 0 Å². The van der Waals surface area contributed by atoms with Crippen LogP contribution in [0.25, 0.3) is 0 Å². The molecule has 0 aromatic heterocycles. The molecule has 0 rings (SSSR count). The monoisotopic (exact) mass is 474 g/mol. The van der Waals surface area contributed by atoms with Gasteiger partial charge < -0.3 is 0 Å². The zero-order valence-corrected chi connectivity index (χ0v) is 14.6. The Labute approximate surface area is 131 Å². The van der Waals surface area contributed by atoms with E-state index in [0.29, 0.717) is 0 Å². The molecular weight excluding hydrogens is 475 g/mol. The van der Waals surface area contributed by atoms with E-state index in [1.165, 1.54) is 0 Å². The van der Waals surface area contributed by atoms with Crippen molar-refractivity contribution >= 4 is 0 Å². The van der Waals surface area contributed by atoms with Crippen LogP contribution in [0.4, 0.5) is 0 Å². The quantitative estimate of drug-likeness (QED) is 0.478. The van der Waals surface area contributed by atoms with Gasteiger partial charge in [0.2, 0.25) is 0 Å². The number of hydrogen-bond donors (Lipinski definition) is 0. The molecule has 0 aromatic carbocycles. The molecule has 5 heteroatoms. The van der Waals surface area contributed by atoms with Gasteiger partial charge in [-0.1, -0.05) is 0 Å². The molecule has 0 saturated heterocycles. The molecule has 0 spiro atoms. The zero-order valence-electron chi connectivity index (χ0n) is 2.56. The molecule has 0 aliphatic heterocycles. The molecule has 0 unspecified atom stereocenters. The minimum absolute atomic E-state index is 0. The molecule has 0 aromatic rings. The second-order valence-electron chi connectivity index (χ2n) is 0. The summed E-state index contributed by atoms with van der Waals surface area (Å²) in [4.78, 5) is 0. The van der Waals surface area contributed by atoms with Gasteiger partial charge in [-0.05, 0) is 0 Å². The van der Waals surface area contributed by atoms with Gasteiger partial charge in [-0.2, -0.15) is 0 Å². The predicted molar refractivity (Wildman–Crippen MR) is 0.686 cm³/mol. The summed E-state index contributed by atoms with van der Waals surface area (Å²) in [6.45, 7) is 0. The summed E-state index contributed by atoms with van der Waals surface area (Å²) in [7, 11) is 0. The fraction of sp³-hybridized carbons (Fsp3) is 0. The Balaban J connectivity index is -0.00000000167. The molecule has 0 amide bonds. The normalized spacial score (nSPS) is 0.600. The summed E-state index contributed by atoms with van der Waals surface area (Å²) >= 11 is 0.0556. The van der Waals surface area contributed by atoms with Gasteiger partial charge in [-0.3, -0.25) is 0 Å². The van der Waals surface area contributed by atoms with Gasteiger partial charge in [0.1, 0.15) is 0 Å². The standard InChI is InChI=1S/Ce.La.O.Y.Zr. The molecule has 2 radical (unpaired) electrons. The summed E-state index contributed by atoms with van der Waals surface area (Å²) < 4.78 is 8.39.